The summed E-state index contributed by atoms with van der Waals surface area (Å²) in [6, 6.07) is 7.26. The fourth-order valence-electron chi connectivity index (χ4n) is 3.67. The number of benzene rings is 1. The average molecular weight is 391 g/mol. The maximum Gasteiger partial charge on any atom is 0.228 e. The van der Waals surface area contributed by atoms with Crippen LogP contribution in [0.1, 0.15) is 16.9 Å². The summed E-state index contributed by atoms with van der Waals surface area (Å²) in [6.45, 7) is 1.72. The number of hydrogen-bond acceptors (Lipinski definition) is 4. The van der Waals surface area contributed by atoms with Crippen LogP contribution in [0.3, 0.4) is 0 Å². The van der Waals surface area contributed by atoms with E-state index in [1.54, 1.807) is 41.5 Å². The summed E-state index contributed by atoms with van der Waals surface area (Å²) in [5.74, 6) is 0.235. The minimum atomic E-state index is -0.327. The average Bonchev–Trinajstić information content (AvgIpc) is 3.26. The molecule has 26 heavy (non-hydrogen) atoms. The van der Waals surface area contributed by atoms with Crippen LogP contribution in [0.25, 0.3) is 0 Å². The molecule has 1 atom stereocenters. The van der Waals surface area contributed by atoms with E-state index >= 15 is 0 Å². The van der Waals surface area contributed by atoms with Crippen LogP contribution in [0.2, 0.25) is 5.02 Å². The molecule has 4 rings (SSSR count). The van der Waals surface area contributed by atoms with Gasteiger partial charge in [-0.15, -0.1) is 11.3 Å². The minimum Gasteiger partial charge on any atom is -0.495 e. The number of nitrogens with zero attached hydrogens (tertiary/aromatic N) is 2. The second-order valence-corrected chi connectivity index (χ2v) is 8.04. The number of halogens is 1. The lowest BCUT2D eigenvalue weighted by atomic mass is 10.0. The summed E-state index contributed by atoms with van der Waals surface area (Å²) < 4.78 is 5.36. The van der Waals surface area contributed by atoms with E-state index in [1.807, 2.05) is 4.90 Å². The Kier molecular flexibility index (Phi) is 4.63. The maximum absolute atomic E-state index is 13.0. The van der Waals surface area contributed by atoms with Crippen molar-refractivity contribution in [3.63, 3.8) is 0 Å². The molecule has 1 aromatic carbocycles. The van der Waals surface area contributed by atoms with Crippen molar-refractivity contribution in [3.8, 4) is 5.75 Å². The van der Waals surface area contributed by atoms with Crippen molar-refractivity contribution < 1.29 is 14.3 Å². The van der Waals surface area contributed by atoms with Gasteiger partial charge < -0.3 is 14.5 Å². The molecule has 0 bridgehead atoms. The van der Waals surface area contributed by atoms with E-state index in [-0.39, 0.29) is 24.2 Å². The first-order valence-electron chi connectivity index (χ1n) is 8.54. The molecule has 1 fully saturated rings. The van der Waals surface area contributed by atoms with Crippen LogP contribution >= 0.6 is 22.9 Å². The fourth-order valence-corrected chi connectivity index (χ4v) is 4.73. The van der Waals surface area contributed by atoms with Crippen LogP contribution in [-0.2, 0) is 22.6 Å². The van der Waals surface area contributed by atoms with Crippen molar-refractivity contribution in [1.29, 1.82) is 0 Å². The summed E-state index contributed by atoms with van der Waals surface area (Å²) in [4.78, 5) is 30.4. The Morgan fingerprint density at radius 2 is 2.19 bits per heavy atom. The monoisotopic (exact) mass is 390 g/mol. The zero-order valence-electron chi connectivity index (χ0n) is 14.4. The zero-order valence-corrected chi connectivity index (χ0v) is 16.0. The third kappa shape index (κ3) is 3.08. The highest BCUT2D eigenvalue weighted by molar-refractivity contribution is 7.10. The van der Waals surface area contributed by atoms with Crippen LogP contribution in [0, 0.1) is 5.92 Å². The van der Waals surface area contributed by atoms with Crippen LogP contribution in [0.4, 0.5) is 5.69 Å². The Labute approximate surface area is 161 Å². The van der Waals surface area contributed by atoms with Crippen molar-refractivity contribution in [1.82, 2.24) is 4.90 Å². The van der Waals surface area contributed by atoms with Gasteiger partial charge in [-0.1, -0.05) is 11.6 Å². The van der Waals surface area contributed by atoms with Crippen molar-refractivity contribution in [2.75, 3.05) is 25.1 Å². The van der Waals surface area contributed by atoms with E-state index in [0.717, 1.165) is 13.0 Å². The van der Waals surface area contributed by atoms with E-state index in [9.17, 15) is 9.59 Å². The predicted molar refractivity (Wildman–Crippen MR) is 102 cm³/mol. The van der Waals surface area contributed by atoms with Crippen molar-refractivity contribution in [3.05, 3.63) is 45.1 Å². The largest absolute Gasteiger partial charge is 0.495 e. The normalized spacial score (nSPS) is 19.6. The minimum absolute atomic E-state index is 0.0543. The molecule has 0 N–H and O–H groups in total. The van der Waals surface area contributed by atoms with Gasteiger partial charge in [0, 0.05) is 36.0 Å². The Morgan fingerprint density at radius 1 is 1.35 bits per heavy atom. The molecule has 7 heteroatoms. The van der Waals surface area contributed by atoms with Gasteiger partial charge in [-0.05, 0) is 41.6 Å². The molecule has 1 saturated heterocycles. The van der Waals surface area contributed by atoms with Gasteiger partial charge in [0.2, 0.25) is 11.8 Å². The first-order valence-corrected chi connectivity index (χ1v) is 9.80. The molecule has 136 valence electrons. The number of carbonyl (C=O) groups is 2. The third-order valence-corrected chi connectivity index (χ3v) is 6.28. The lowest BCUT2D eigenvalue weighted by molar-refractivity contribution is -0.136. The first kappa shape index (κ1) is 17.4. The van der Waals surface area contributed by atoms with E-state index in [0.29, 0.717) is 29.5 Å². The Morgan fingerprint density at radius 3 is 3.00 bits per heavy atom. The predicted octanol–water partition coefficient (Wildman–Crippen LogP) is 3.35. The maximum atomic E-state index is 13.0. The molecule has 5 nitrogen and oxygen atoms in total. The molecule has 2 aliphatic heterocycles. The molecule has 0 saturated carbocycles. The number of fused-ring (bicyclic) bond motifs is 1. The molecule has 0 aliphatic carbocycles. The highest BCUT2D eigenvalue weighted by Crippen LogP contribution is 2.36. The van der Waals surface area contributed by atoms with Gasteiger partial charge in [0.05, 0.1) is 18.7 Å². The summed E-state index contributed by atoms with van der Waals surface area (Å²) >= 11 is 7.84. The summed E-state index contributed by atoms with van der Waals surface area (Å²) in [5.41, 5.74) is 1.85. The first-order chi connectivity index (χ1) is 12.6. The SMILES string of the molecule is COc1ccc(Cl)cc1N1CC(C(=O)N2CCc3sccc3C2)CC1=O. The van der Waals surface area contributed by atoms with Gasteiger partial charge >= 0.3 is 0 Å². The fraction of sp³-hybridized carbons (Fsp3) is 0.368. The molecule has 1 aromatic heterocycles. The van der Waals surface area contributed by atoms with Gasteiger partial charge in [-0.3, -0.25) is 9.59 Å². The van der Waals surface area contributed by atoms with Gasteiger partial charge in [-0.25, -0.2) is 0 Å². The molecular weight excluding hydrogens is 372 g/mol. The van der Waals surface area contributed by atoms with Gasteiger partial charge in [-0.2, -0.15) is 0 Å². The standard InChI is InChI=1S/C19H19ClN2O3S/c1-25-16-3-2-14(20)9-15(16)22-11-13(8-18(22)23)19(24)21-6-4-17-12(10-21)5-7-26-17/h2-3,5,7,9,13H,4,6,8,10-11H2,1H3. The number of carbonyl (C=O) groups excluding carboxylic acids is 2. The smallest absolute Gasteiger partial charge is 0.228 e. The van der Waals surface area contributed by atoms with Crippen LogP contribution in [0.5, 0.6) is 5.75 Å². The Hall–Kier alpha value is -2.05. The van der Waals surface area contributed by atoms with E-state index in [1.165, 1.54) is 10.4 Å². The Bertz CT molecular complexity index is 866. The number of amides is 2. The summed E-state index contributed by atoms with van der Waals surface area (Å²) in [7, 11) is 1.56. The van der Waals surface area contributed by atoms with Gasteiger partial charge in [0.1, 0.15) is 5.75 Å². The highest BCUT2D eigenvalue weighted by atomic mass is 35.5. The number of ether oxygens (including phenoxy) is 1. The number of rotatable bonds is 3. The number of anilines is 1. The van der Waals surface area contributed by atoms with E-state index < -0.39 is 0 Å². The van der Waals surface area contributed by atoms with Crippen LogP contribution in [0.15, 0.2) is 29.6 Å². The molecular formula is C19H19ClN2O3S. The number of hydrogen-bond donors (Lipinski definition) is 0. The topological polar surface area (TPSA) is 49.9 Å². The second kappa shape index (κ2) is 6.93. The van der Waals surface area contributed by atoms with Gasteiger partial charge in [0.15, 0.2) is 0 Å². The summed E-state index contributed by atoms with van der Waals surface area (Å²) in [5, 5.41) is 2.61. The molecule has 2 amide bonds. The van der Waals surface area contributed by atoms with Gasteiger partial charge in [0.25, 0.3) is 0 Å². The molecule has 2 aliphatic rings. The second-order valence-electron chi connectivity index (χ2n) is 6.60. The Balaban J connectivity index is 1.51. The van der Waals surface area contributed by atoms with Crippen LogP contribution in [-0.4, -0.2) is 36.9 Å². The van der Waals surface area contributed by atoms with Crippen molar-refractivity contribution >= 4 is 40.4 Å². The van der Waals surface area contributed by atoms with Crippen molar-refractivity contribution in [2.45, 2.75) is 19.4 Å². The highest BCUT2D eigenvalue weighted by Gasteiger charge is 2.39. The zero-order chi connectivity index (χ0) is 18.3. The molecule has 1 unspecified atom stereocenters. The number of thiophene rings is 1. The third-order valence-electron chi connectivity index (χ3n) is 5.03. The van der Waals surface area contributed by atoms with Crippen LogP contribution < -0.4 is 9.64 Å². The van der Waals surface area contributed by atoms with E-state index in [2.05, 4.69) is 11.4 Å². The lowest BCUT2D eigenvalue weighted by Crippen LogP contribution is -2.40. The molecule has 0 radical (unpaired) electrons. The lowest BCUT2D eigenvalue weighted by Gasteiger charge is -2.29. The van der Waals surface area contributed by atoms with Crippen molar-refractivity contribution in [2.24, 2.45) is 5.92 Å². The summed E-state index contributed by atoms with van der Waals surface area (Å²) in [6.07, 6.45) is 1.12. The molecule has 0 spiro atoms. The molecule has 3 heterocycles. The number of methoxy groups -OCH3 is 1. The van der Waals surface area contributed by atoms with E-state index in [4.69, 9.17) is 16.3 Å². The quantitative estimate of drug-likeness (QED) is 0.807. The molecule has 2 aromatic rings.